The summed E-state index contributed by atoms with van der Waals surface area (Å²) in [5.41, 5.74) is 2.29. The zero-order chi connectivity index (χ0) is 15.0. The fourth-order valence-electron chi connectivity index (χ4n) is 1.73. The molecule has 0 aliphatic carbocycles. The number of hydrogen-bond donors (Lipinski definition) is 2. The van der Waals surface area contributed by atoms with Crippen LogP contribution in [0.1, 0.15) is 16.7 Å². The van der Waals surface area contributed by atoms with Gasteiger partial charge in [-0.25, -0.2) is 4.79 Å². The van der Waals surface area contributed by atoms with Crippen molar-refractivity contribution in [2.24, 2.45) is 0 Å². The van der Waals surface area contributed by atoms with Crippen molar-refractivity contribution in [3.05, 3.63) is 28.8 Å². The fraction of sp³-hybridized carbons (Fsp3) is 0.417. The smallest absolute Gasteiger partial charge is 0.432 e. The second-order valence-corrected chi connectivity index (χ2v) is 4.22. The zero-order valence-electron chi connectivity index (χ0n) is 10.6. The van der Waals surface area contributed by atoms with Gasteiger partial charge in [0.1, 0.15) is 0 Å². The summed E-state index contributed by atoms with van der Waals surface area (Å²) in [6, 6.07) is 2.04. The summed E-state index contributed by atoms with van der Waals surface area (Å²) >= 11 is 0. The van der Waals surface area contributed by atoms with Gasteiger partial charge in [-0.1, -0.05) is 12.1 Å². The number of ether oxygens (including phenoxy) is 1. The molecule has 19 heavy (non-hydrogen) atoms. The first-order valence-electron chi connectivity index (χ1n) is 5.30. The van der Waals surface area contributed by atoms with Crippen LogP contribution < -0.4 is 5.73 Å². The number of aryl methyl sites for hydroxylation is 2. The highest BCUT2D eigenvalue weighted by Crippen LogP contribution is 2.41. The highest BCUT2D eigenvalue weighted by molar-refractivity contribution is 5.82. The van der Waals surface area contributed by atoms with E-state index in [1.807, 2.05) is 0 Å². The fourth-order valence-corrected chi connectivity index (χ4v) is 1.73. The van der Waals surface area contributed by atoms with Crippen LogP contribution in [0.4, 0.5) is 18.9 Å². The molecule has 4 nitrogen and oxygen atoms in total. The van der Waals surface area contributed by atoms with E-state index in [0.717, 1.165) is 19.2 Å². The number of benzene rings is 1. The predicted octanol–water partition coefficient (Wildman–Crippen LogP) is 1.81. The summed E-state index contributed by atoms with van der Waals surface area (Å²) in [5, 5.41) is 9.79. The zero-order valence-corrected chi connectivity index (χ0v) is 10.6. The lowest BCUT2D eigenvalue weighted by molar-refractivity contribution is -0.266. The Kier molecular flexibility index (Phi) is 3.81. The van der Waals surface area contributed by atoms with E-state index in [-0.39, 0.29) is 0 Å². The van der Waals surface area contributed by atoms with Crippen molar-refractivity contribution in [1.29, 1.82) is 0 Å². The van der Waals surface area contributed by atoms with Crippen molar-refractivity contribution in [1.82, 2.24) is 0 Å². The Labute approximate surface area is 108 Å². The highest BCUT2D eigenvalue weighted by atomic mass is 19.4. The highest BCUT2D eigenvalue weighted by Gasteiger charge is 2.62. The summed E-state index contributed by atoms with van der Waals surface area (Å²) in [6.45, 7) is 2.97. The number of esters is 1. The first-order valence-corrected chi connectivity index (χ1v) is 5.30. The number of carbonyl (C=O) groups excluding carboxylic acids is 1. The number of rotatable bonds is 2. The van der Waals surface area contributed by atoms with Crippen LogP contribution in [0.15, 0.2) is 12.1 Å². The van der Waals surface area contributed by atoms with Gasteiger partial charge in [-0.3, -0.25) is 0 Å². The first kappa shape index (κ1) is 15.3. The third-order valence-corrected chi connectivity index (χ3v) is 2.90. The van der Waals surface area contributed by atoms with E-state index in [2.05, 4.69) is 4.74 Å². The average molecular weight is 277 g/mol. The van der Waals surface area contributed by atoms with Crippen molar-refractivity contribution in [3.63, 3.8) is 0 Å². The molecule has 1 aromatic rings. The maximum Gasteiger partial charge on any atom is 0.432 e. The number of nitrogens with two attached hydrogens (primary N) is 1. The second kappa shape index (κ2) is 4.73. The van der Waals surface area contributed by atoms with Gasteiger partial charge in [0.2, 0.25) is 0 Å². The van der Waals surface area contributed by atoms with Gasteiger partial charge in [0, 0.05) is 11.3 Å². The molecule has 0 radical (unpaired) electrons. The Balaban J connectivity index is 3.56. The quantitative estimate of drug-likeness (QED) is 0.638. The monoisotopic (exact) mass is 277 g/mol. The van der Waals surface area contributed by atoms with Crippen molar-refractivity contribution >= 4 is 11.7 Å². The number of anilines is 1. The van der Waals surface area contributed by atoms with Crippen molar-refractivity contribution in [2.45, 2.75) is 25.6 Å². The average Bonchev–Trinajstić information content (AvgIpc) is 2.31. The molecule has 1 rings (SSSR count). The van der Waals surface area contributed by atoms with E-state index in [1.165, 1.54) is 13.8 Å². The molecule has 0 aromatic heterocycles. The molecule has 0 unspecified atom stereocenters. The predicted molar refractivity (Wildman–Crippen MR) is 62.3 cm³/mol. The molecule has 1 aromatic carbocycles. The molecule has 0 spiro atoms. The minimum absolute atomic E-state index is 0.304. The Morgan fingerprint density at radius 2 is 1.68 bits per heavy atom. The maximum absolute atomic E-state index is 13.0. The molecule has 0 heterocycles. The van der Waals surface area contributed by atoms with Gasteiger partial charge in [0.05, 0.1) is 7.11 Å². The Morgan fingerprint density at radius 1 is 1.26 bits per heavy atom. The lowest BCUT2D eigenvalue weighted by Crippen LogP contribution is -2.50. The summed E-state index contributed by atoms with van der Waals surface area (Å²) < 4.78 is 43.1. The summed E-state index contributed by atoms with van der Waals surface area (Å²) in [4.78, 5) is 11.4. The first-order chi connectivity index (χ1) is 8.55. The van der Waals surface area contributed by atoms with E-state index < -0.39 is 23.3 Å². The van der Waals surface area contributed by atoms with E-state index in [1.54, 1.807) is 0 Å². The molecular weight excluding hydrogens is 263 g/mol. The minimum Gasteiger partial charge on any atom is -0.466 e. The molecule has 0 aliphatic heterocycles. The normalized spacial score (nSPS) is 14.9. The number of alkyl halides is 3. The van der Waals surface area contributed by atoms with E-state index in [0.29, 0.717) is 16.8 Å². The topological polar surface area (TPSA) is 72.5 Å². The third-order valence-electron chi connectivity index (χ3n) is 2.90. The summed E-state index contributed by atoms with van der Waals surface area (Å²) in [6.07, 6.45) is -5.20. The molecule has 0 saturated heterocycles. The van der Waals surface area contributed by atoms with Gasteiger partial charge in [-0.2, -0.15) is 13.2 Å². The van der Waals surface area contributed by atoms with Crippen molar-refractivity contribution in [2.75, 3.05) is 12.8 Å². The maximum atomic E-state index is 13.0. The molecule has 0 bridgehead atoms. The van der Waals surface area contributed by atoms with Gasteiger partial charge in [-0.05, 0) is 25.0 Å². The Bertz CT molecular complexity index is 490. The number of nitrogen functional groups attached to an aromatic ring is 1. The Morgan fingerprint density at radius 3 is 2.00 bits per heavy atom. The molecule has 0 amide bonds. The van der Waals surface area contributed by atoms with Crippen LogP contribution in [0.2, 0.25) is 0 Å². The summed E-state index contributed by atoms with van der Waals surface area (Å²) in [7, 11) is 0.774. The molecule has 0 fully saturated rings. The number of methoxy groups -OCH3 is 1. The van der Waals surface area contributed by atoms with Crippen LogP contribution in [0.3, 0.4) is 0 Å². The molecule has 7 heteroatoms. The van der Waals surface area contributed by atoms with Gasteiger partial charge < -0.3 is 15.6 Å². The van der Waals surface area contributed by atoms with Crippen LogP contribution >= 0.6 is 0 Å². The van der Waals surface area contributed by atoms with Crippen LogP contribution in [0, 0.1) is 13.8 Å². The number of carbonyl (C=O) groups is 1. The second-order valence-electron chi connectivity index (χ2n) is 4.22. The largest absolute Gasteiger partial charge is 0.466 e. The SMILES string of the molecule is COC(=O)[C@](O)(c1cc(C)c(N)c(C)c1)C(F)(F)F. The summed E-state index contributed by atoms with van der Waals surface area (Å²) in [5.74, 6) is -1.79. The van der Waals surface area contributed by atoms with Crippen LogP contribution in [-0.2, 0) is 15.1 Å². The van der Waals surface area contributed by atoms with Crippen molar-refractivity contribution in [3.8, 4) is 0 Å². The number of hydrogen-bond acceptors (Lipinski definition) is 4. The Hall–Kier alpha value is -1.76. The lowest BCUT2D eigenvalue weighted by atomic mass is 9.89. The molecular formula is C12H14F3NO3. The molecule has 0 saturated carbocycles. The third kappa shape index (κ3) is 2.37. The van der Waals surface area contributed by atoms with Crippen LogP contribution in [0.5, 0.6) is 0 Å². The van der Waals surface area contributed by atoms with Crippen LogP contribution in [-0.4, -0.2) is 24.4 Å². The van der Waals surface area contributed by atoms with Crippen LogP contribution in [0.25, 0.3) is 0 Å². The molecule has 1 atom stereocenters. The number of halogens is 3. The minimum atomic E-state index is -5.20. The lowest BCUT2D eigenvalue weighted by Gasteiger charge is -2.28. The van der Waals surface area contributed by atoms with Gasteiger partial charge in [0.15, 0.2) is 0 Å². The van der Waals surface area contributed by atoms with E-state index in [9.17, 15) is 23.1 Å². The molecule has 0 aliphatic rings. The standard InChI is InChI=1S/C12H14F3NO3/c1-6-4-8(5-7(2)9(6)16)11(18,10(17)19-3)12(13,14)15/h4-5,18H,16H2,1-3H3/t11-/m1/s1. The number of aliphatic hydroxyl groups is 1. The van der Waals surface area contributed by atoms with Crippen molar-refractivity contribution < 1.29 is 27.8 Å². The van der Waals surface area contributed by atoms with E-state index in [4.69, 9.17) is 5.73 Å². The van der Waals surface area contributed by atoms with E-state index >= 15 is 0 Å². The van der Waals surface area contributed by atoms with Gasteiger partial charge in [0.25, 0.3) is 5.60 Å². The van der Waals surface area contributed by atoms with Gasteiger partial charge in [-0.15, -0.1) is 0 Å². The van der Waals surface area contributed by atoms with Gasteiger partial charge >= 0.3 is 12.1 Å². The molecule has 3 N–H and O–H groups in total. The molecule has 106 valence electrons.